The molecule has 3 aromatic heterocycles. The van der Waals surface area contributed by atoms with Crippen molar-refractivity contribution in [2.75, 3.05) is 11.4 Å². The molecule has 1 aliphatic heterocycles. The summed E-state index contributed by atoms with van der Waals surface area (Å²) < 4.78 is 3.77. The minimum Gasteiger partial charge on any atom is -0.351 e. The van der Waals surface area contributed by atoms with E-state index in [1.807, 2.05) is 19.3 Å². The summed E-state index contributed by atoms with van der Waals surface area (Å²) >= 11 is 3.48. The van der Waals surface area contributed by atoms with Crippen LogP contribution in [0.1, 0.15) is 16.8 Å². The normalized spacial score (nSPS) is 14.3. The zero-order valence-corrected chi connectivity index (χ0v) is 14.4. The third-order valence-corrected chi connectivity index (χ3v) is 4.56. The molecule has 4 rings (SSSR count). The van der Waals surface area contributed by atoms with Crippen LogP contribution >= 0.6 is 15.9 Å². The molecule has 7 nitrogen and oxygen atoms in total. The number of anilines is 1. The molecule has 0 bridgehead atoms. The lowest BCUT2D eigenvalue weighted by Gasteiger charge is -2.30. The molecular weight excluding hydrogens is 360 g/mol. The van der Waals surface area contributed by atoms with E-state index in [-0.39, 0.29) is 5.69 Å². The fourth-order valence-electron chi connectivity index (χ4n) is 2.99. The summed E-state index contributed by atoms with van der Waals surface area (Å²) in [5.41, 5.74) is 3.11. The van der Waals surface area contributed by atoms with Crippen LogP contribution in [0, 0.1) is 6.92 Å². The van der Waals surface area contributed by atoms with Crippen LogP contribution in [0.15, 0.2) is 27.7 Å². The average molecular weight is 375 g/mol. The maximum absolute atomic E-state index is 12.0. The monoisotopic (exact) mass is 374 g/mol. The Kier molecular flexibility index (Phi) is 3.22. The highest BCUT2D eigenvalue weighted by molar-refractivity contribution is 9.10. The predicted molar refractivity (Wildman–Crippen MR) is 89.7 cm³/mol. The van der Waals surface area contributed by atoms with Gasteiger partial charge < -0.3 is 4.90 Å². The summed E-state index contributed by atoms with van der Waals surface area (Å²) in [7, 11) is 1.63. The van der Waals surface area contributed by atoms with Crippen LogP contribution in [0.3, 0.4) is 0 Å². The van der Waals surface area contributed by atoms with E-state index in [4.69, 9.17) is 0 Å². The number of rotatable bonds is 1. The van der Waals surface area contributed by atoms with Crippen molar-refractivity contribution in [1.29, 1.82) is 0 Å². The standard InChI is InChI=1S/C15H15BrN6O/c1-9-7-22-14(19-20(2)15(22)23)18-13(9)21-4-3-12-10(8-21)5-11(16)6-17-12/h5-7H,3-4,8H2,1-2H3. The lowest BCUT2D eigenvalue weighted by Crippen LogP contribution is -2.32. The number of pyridine rings is 1. The maximum Gasteiger partial charge on any atom is 0.351 e. The molecule has 1 aliphatic rings. The van der Waals surface area contributed by atoms with Gasteiger partial charge in [-0.25, -0.2) is 13.9 Å². The van der Waals surface area contributed by atoms with Gasteiger partial charge in [0.15, 0.2) is 0 Å². The molecular formula is C15H15BrN6O. The van der Waals surface area contributed by atoms with Gasteiger partial charge >= 0.3 is 5.69 Å². The van der Waals surface area contributed by atoms with Gasteiger partial charge in [-0.1, -0.05) is 0 Å². The van der Waals surface area contributed by atoms with Crippen molar-refractivity contribution in [2.45, 2.75) is 19.9 Å². The second-order valence-electron chi connectivity index (χ2n) is 5.75. The fourth-order valence-corrected chi connectivity index (χ4v) is 3.37. The molecule has 0 unspecified atom stereocenters. The van der Waals surface area contributed by atoms with Gasteiger partial charge in [0.25, 0.3) is 5.78 Å². The molecule has 0 N–H and O–H groups in total. The van der Waals surface area contributed by atoms with Crippen molar-refractivity contribution in [2.24, 2.45) is 7.05 Å². The molecule has 0 radical (unpaired) electrons. The molecule has 3 aromatic rings. The Labute approximate surface area is 140 Å². The topological polar surface area (TPSA) is 68.3 Å². The molecule has 8 heteroatoms. The summed E-state index contributed by atoms with van der Waals surface area (Å²) in [6, 6.07) is 2.10. The fraction of sp³-hybridized carbons (Fsp3) is 0.333. The molecule has 0 aromatic carbocycles. The first-order chi connectivity index (χ1) is 11.0. The summed E-state index contributed by atoms with van der Waals surface area (Å²) in [4.78, 5) is 23.3. The van der Waals surface area contributed by atoms with Crippen molar-refractivity contribution in [1.82, 2.24) is 24.1 Å². The van der Waals surface area contributed by atoms with E-state index in [0.29, 0.717) is 5.78 Å². The SMILES string of the molecule is Cc1cn2c(=O)n(C)nc2nc1N1CCc2ncc(Br)cc2C1. The van der Waals surface area contributed by atoms with Crippen molar-refractivity contribution < 1.29 is 0 Å². The number of aromatic nitrogens is 5. The van der Waals surface area contributed by atoms with Crippen LogP contribution in [0.5, 0.6) is 0 Å². The molecule has 0 spiro atoms. The van der Waals surface area contributed by atoms with Gasteiger partial charge in [0.2, 0.25) is 0 Å². The van der Waals surface area contributed by atoms with E-state index in [1.54, 1.807) is 7.05 Å². The van der Waals surface area contributed by atoms with E-state index in [2.05, 4.69) is 42.0 Å². The quantitative estimate of drug-likeness (QED) is 0.644. The largest absolute Gasteiger partial charge is 0.351 e. The first kappa shape index (κ1) is 14.4. The molecule has 0 aliphatic carbocycles. The van der Waals surface area contributed by atoms with Crippen molar-refractivity contribution in [3.63, 3.8) is 0 Å². The maximum atomic E-state index is 12.0. The second kappa shape index (κ2) is 5.16. The number of aryl methyl sites for hydroxylation is 2. The number of fused-ring (bicyclic) bond motifs is 2. The van der Waals surface area contributed by atoms with Crippen LogP contribution < -0.4 is 10.6 Å². The lowest BCUT2D eigenvalue weighted by molar-refractivity contribution is 0.698. The Morgan fingerprint density at radius 3 is 3.00 bits per heavy atom. The zero-order valence-electron chi connectivity index (χ0n) is 12.8. The highest BCUT2D eigenvalue weighted by Crippen LogP contribution is 2.26. The van der Waals surface area contributed by atoms with Gasteiger partial charge in [0.05, 0.1) is 0 Å². The molecule has 0 amide bonds. The Balaban J connectivity index is 1.78. The smallest absolute Gasteiger partial charge is 0.351 e. The van der Waals surface area contributed by atoms with Crippen LogP contribution in [0.25, 0.3) is 5.78 Å². The highest BCUT2D eigenvalue weighted by atomic mass is 79.9. The van der Waals surface area contributed by atoms with Gasteiger partial charge in [-0.05, 0) is 34.5 Å². The molecule has 0 atom stereocenters. The van der Waals surface area contributed by atoms with Crippen LogP contribution in [0.2, 0.25) is 0 Å². The first-order valence-electron chi connectivity index (χ1n) is 7.34. The summed E-state index contributed by atoms with van der Waals surface area (Å²) in [6.07, 6.45) is 4.52. The number of hydrogen-bond acceptors (Lipinski definition) is 5. The van der Waals surface area contributed by atoms with Gasteiger partial charge in [-0.3, -0.25) is 4.98 Å². The van der Waals surface area contributed by atoms with Gasteiger partial charge in [-0.2, -0.15) is 4.98 Å². The Bertz CT molecular complexity index is 976. The lowest BCUT2D eigenvalue weighted by atomic mass is 10.1. The minimum atomic E-state index is -0.181. The number of hydrogen-bond donors (Lipinski definition) is 0. The van der Waals surface area contributed by atoms with E-state index >= 15 is 0 Å². The summed E-state index contributed by atoms with van der Waals surface area (Å²) in [6.45, 7) is 3.57. The van der Waals surface area contributed by atoms with E-state index < -0.39 is 0 Å². The van der Waals surface area contributed by atoms with Gasteiger partial charge in [0, 0.05) is 54.7 Å². The summed E-state index contributed by atoms with van der Waals surface area (Å²) in [5, 5.41) is 4.18. The predicted octanol–water partition coefficient (Wildman–Crippen LogP) is 1.46. The van der Waals surface area contributed by atoms with Gasteiger partial charge in [0.1, 0.15) is 5.82 Å². The Morgan fingerprint density at radius 1 is 1.35 bits per heavy atom. The minimum absolute atomic E-state index is 0.181. The van der Waals surface area contributed by atoms with Crippen LogP contribution in [-0.4, -0.2) is 30.7 Å². The van der Waals surface area contributed by atoms with Gasteiger partial charge in [-0.15, -0.1) is 5.10 Å². The van der Waals surface area contributed by atoms with Crippen molar-refractivity contribution in [3.05, 3.63) is 50.2 Å². The highest BCUT2D eigenvalue weighted by Gasteiger charge is 2.21. The molecule has 4 heterocycles. The number of halogens is 1. The van der Waals surface area contributed by atoms with E-state index in [1.165, 1.54) is 14.6 Å². The third kappa shape index (κ3) is 2.33. The molecule has 23 heavy (non-hydrogen) atoms. The van der Waals surface area contributed by atoms with E-state index in [9.17, 15) is 4.79 Å². The average Bonchev–Trinajstić information content (AvgIpc) is 2.80. The molecule has 118 valence electrons. The van der Waals surface area contributed by atoms with Crippen molar-refractivity contribution >= 4 is 27.5 Å². The molecule has 0 saturated heterocycles. The first-order valence-corrected chi connectivity index (χ1v) is 8.13. The molecule has 0 fully saturated rings. The Hall–Kier alpha value is -2.22. The van der Waals surface area contributed by atoms with E-state index in [0.717, 1.165) is 41.1 Å². The van der Waals surface area contributed by atoms with Crippen LogP contribution in [-0.2, 0) is 20.0 Å². The van der Waals surface area contributed by atoms with Crippen molar-refractivity contribution in [3.8, 4) is 0 Å². The van der Waals surface area contributed by atoms with Crippen LogP contribution in [0.4, 0.5) is 5.82 Å². The Morgan fingerprint density at radius 2 is 2.17 bits per heavy atom. The molecule has 0 saturated carbocycles. The zero-order chi connectivity index (χ0) is 16.1. The third-order valence-electron chi connectivity index (χ3n) is 4.12. The summed E-state index contributed by atoms with van der Waals surface area (Å²) in [5.74, 6) is 1.30. The second-order valence-corrected chi connectivity index (χ2v) is 6.67. The number of nitrogens with zero attached hydrogens (tertiary/aromatic N) is 6.